The number of rotatable bonds is 6. The van der Waals surface area contributed by atoms with Gasteiger partial charge < -0.3 is 4.74 Å². The highest BCUT2D eigenvalue weighted by atomic mass is 19.4. The molecule has 0 aliphatic rings. The molecule has 3 rings (SSSR count). The van der Waals surface area contributed by atoms with Gasteiger partial charge in [0.2, 0.25) is 0 Å². The van der Waals surface area contributed by atoms with E-state index in [-0.39, 0.29) is 11.3 Å². The smallest absolute Gasteiger partial charge is 0.416 e. The van der Waals surface area contributed by atoms with Gasteiger partial charge in [0.25, 0.3) is 5.91 Å². The van der Waals surface area contributed by atoms with E-state index in [4.69, 9.17) is 4.74 Å². The van der Waals surface area contributed by atoms with Crippen LogP contribution >= 0.6 is 0 Å². The lowest BCUT2D eigenvalue weighted by Gasteiger charge is -2.18. The topological polar surface area (TPSA) is 71.9 Å². The van der Waals surface area contributed by atoms with Gasteiger partial charge in [-0.2, -0.15) is 23.3 Å². The van der Waals surface area contributed by atoms with Gasteiger partial charge in [0.1, 0.15) is 0 Å². The second kappa shape index (κ2) is 9.86. The number of hydrazone groups is 1. The molecule has 3 aromatic rings. The Bertz CT molecular complexity index is 1110. The minimum atomic E-state index is -4.60. The molecule has 9 heteroatoms. The summed E-state index contributed by atoms with van der Waals surface area (Å²) in [5.74, 6) is -1.62. The second-order valence-electron chi connectivity index (χ2n) is 6.67. The van der Waals surface area contributed by atoms with Crippen molar-refractivity contribution in [2.45, 2.75) is 13.1 Å². The van der Waals surface area contributed by atoms with Gasteiger partial charge in [0.15, 0.2) is 6.61 Å². The third-order valence-electron chi connectivity index (χ3n) is 4.25. The van der Waals surface area contributed by atoms with E-state index < -0.39 is 30.2 Å². The zero-order valence-electron chi connectivity index (χ0n) is 16.9. The van der Waals surface area contributed by atoms with Gasteiger partial charge in [-0.15, -0.1) is 0 Å². The Morgan fingerprint density at radius 2 is 1.81 bits per heavy atom. The summed E-state index contributed by atoms with van der Waals surface area (Å²) in [5.41, 5.74) is 0.404. The number of amides is 1. The fraction of sp³-hybridized carbons (Fsp3) is 0.130. The average molecular weight is 441 g/mol. The number of halogens is 3. The van der Waals surface area contributed by atoms with E-state index in [0.717, 1.165) is 17.1 Å². The molecule has 164 valence electrons. The zero-order chi connectivity index (χ0) is 23.1. The van der Waals surface area contributed by atoms with Crippen LogP contribution in [0.25, 0.3) is 0 Å². The van der Waals surface area contributed by atoms with Crippen molar-refractivity contribution in [1.82, 2.24) is 4.98 Å². The van der Waals surface area contributed by atoms with Crippen LogP contribution < -0.4 is 5.01 Å². The van der Waals surface area contributed by atoms with Crippen molar-refractivity contribution in [2.24, 2.45) is 5.10 Å². The predicted octanol–water partition coefficient (Wildman–Crippen LogP) is 4.63. The number of hydrogen-bond acceptors (Lipinski definition) is 5. The maximum Gasteiger partial charge on any atom is 0.416 e. The van der Waals surface area contributed by atoms with E-state index in [9.17, 15) is 22.8 Å². The Hall–Kier alpha value is -4.01. The molecule has 0 aliphatic carbocycles. The highest BCUT2D eigenvalue weighted by Crippen LogP contribution is 2.31. The number of esters is 1. The van der Waals surface area contributed by atoms with E-state index >= 15 is 0 Å². The number of pyridine rings is 1. The van der Waals surface area contributed by atoms with Crippen LogP contribution in [0.1, 0.15) is 27.2 Å². The van der Waals surface area contributed by atoms with Crippen molar-refractivity contribution in [3.63, 3.8) is 0 Å². The van der Waals surface area contributed by atoms with E-state index in [2.05, 4.69) is 10.1 Å². The minimum absolute atomic E-state index is 0.120. The lowest BCUT2D eigenvalue weighted by Crippen LogP contribution is -2.31. The summed E-state index contributed by atoms with van der Waals surface area (Å²) < 4.78 is 44.4. The van der Waals surface area contributed by atoms with Crippen molar-refractivity contribution in [1.29, 1.82) is 0 Å². The lowest BCUT2D eigenvalue weighted by molar-refractivity contribution is -0.137. The SMILES string of the molecule is Cc1ccc(C(=O)OCC(=O)N(/N=C/c2ccccc2)c2cccc(C(F)(F)F)c2)cn1. The van der Waals surface area contributed by atoms with Gasteiger partial charge in [0.05, 0.1) is 23.0 Å². The number of aromatic nitrogens is 1. The number of anilines is 1. The highest BCUT2D eigenvalue weighted by molar-refractivity contribution is 5.98. The molecule has 1 aromatic heterocycles. The third-order valence-corrected chi connectivity index (χ3v) is 4.25. The Morgan fingerprint density at radius 1 is 1.06 bits per heavy atom. The van der Waals surface area contributed by atoms with Crippen LogP contribution in [-0.2, 0) is 15.7 Å². The molecule has 0 bridgehead atoms. The molecule has 0 saturated heterocycles. The summed E-state index contributed by atoms with van der Waals surface area (Å²) >= 11 is 0. The number of alkyl halides is 3. The van der Waals surface area contributed by atoms with Crippen LogP contribution in [0, 0.1) is 6.92 Å². The number of aryl methyl sites for hydroxylation is 1. The third kappa shape index (κ3) is 6.00. The van der Waals surface area contributed by atoms with E-state index in [1.807, 2.05) is 0 Å². The van der Waals surface area contributed by atoms with Crippen LogP contribution in [0.3, 0.4) is 0 Å². The molecule has 0 radical (unpaired) electrons. The van der Waals surface area contributed by atoms with E-state index in [1.165, 1.54) is 30.6 Å². The van der Waals surface area contributed by atoms with Crippen LogP contribution in [0.2, 0.25) is 0 Å². The van der Waals surface area contributed by atoms with Crippen LogP contribution in [0.4, 0.5) is 18.9 Å². The molecular weight excluding hydrogens is 423 g/mol. The number of nitrogens with zero attached hydrogens (tertiary/aromatic N) is 3. The predicted molar refractivity (Wildman–Crippen MR) is 112 cm³/mol. The first-order chi connectivity index (χ1) is 15.2. The Balaban J connectivity index is 1.83. The Kier molecular flexibility index (Phi) is 6.99. The molecule has 1 heterocycles. The highest BCUT2D eigenvalue weighted by Gasteiger charge is 2.31. The number of benzene rings is 2. The summed E-state index contributed by atoms with van der Waals surface area (Å²) in [4.78, 5) is 28.9. The number of ether oxygens (including phenoxy) is 1. The first kappa shape index (κ1) is 22.7. The molecule has 0 saturated carbocycles. The largest absolute Gasteiger partial charge is 0.452 e. The average Bonchev–Trinajstić information content (AvgIpc) is 2.78. The summed E-state index contributed by atoms with van der Waals surface area (Å²) in [6.45, 7) is 1.02. The fourth-order valence-electron chi connectivity index (χ4n) is 2.61. The molecule has 1 amide bonds. The first-order valence-corrected chi connectivity index (χ1v) is 9.43. The number of carbonyl (C=O) groups is 2. The Labute approximate surface area is 182 Å². The summed E-state index contributed by atoms with van der Waals surface area (Å²) in [6.07, 6.45) is -1.97. The van der Waals surface area contributed by atoms with E-state index in [1.54, 1.807) is 43.3 Å². The van der Waals surface area contributed by atoms with Gasteiger partial charge in [-0.25, -0.2) is 4.79 Å². The fourth-order valence-corrected chi connectivity index (χ4v) is 2.61. The normalized spacial score (nSPS) is 11.4. The molecular formula is C23H18F3N3O3. The minimum Gasteiger partial charge on any atom is -0.452 e. The van der Waals surface area contributed by atoms with Gasteiger partial charge in [-0.3, -0.25) is 9.78 Å². The molecule has 6 nitrogen and oxygen atoms in total. The molecule has 0 atom stereocenters. The first-order valence-electron chi connectivity index (χ1n) is 9.43. The molecule has 0 aliphatic heterocycles. The van der Waals surface area contributed by atoms with Gasteiger partial charge in [0, 0.05) is 11.9 Å². The van der Waals surface area contributed by atoms with Crippen molar-refractivity contribution < 1.29 is 27.5 Å². The molecule has 0 fully saturated rings. The summed E-state index contributed by atoms with van der Waals surface area (Å²) in [5, 5.41) is 4.80. The van der Waals surface area contributed by atoms with E-state index in [0.29, 0.717) is 11.3 Å². The quantitative estimate of drug-likeness (QED) is 0.318. The molecule has 0 spiro atoms. The van der Waals surface area contributed by atoms with Gasteiger partial charge in [-0.1, -0.05) is 36.4 Å². The molecule has 0 unspecified atom stereocenters. The summed E-state index contributed by atoms with van der Waals surface area (Å²) in [6, 6.07) is 16.0. The van der Waals surface area contributed by atoms with Crippen LogP contribution in [0.5, 0.6) is 0 Å². The van der Waals surface area contributed by atoms with Crippen molar-refractivity contribution >= 4 is 23.8 Å². The Morgan fingerprint density at radius 3 is 2.47 bits per heavy atom. The number of carbonyl (C=O) groups excluding carboxylic acids is 2. The molecule has 32 heavy (non-hydrogen) atoms. The maximum atomic E-state index is 13.1. The van der Waals surface area contributed by atoms with Gasteiger partial charge in [-0.05, 0) is 42.8 Å². The maximum absolute atomic E-state index is 13.1. The number of hydrogen-bond donors (Lipinski definition) is 0. The van der Waals surface area contributed by atoms with Crippen molar-refractivity contribution in [3.8, 4) is 0 Å². The van der Waals surface area contributed by atoms with Crippen molar-refractivity contribution in [2.75, 3.05) is 11.6 Å². The monoisotopic (exact) mass is 441 g/mol. The van der Waals surface area contributed by atoms with Crippen LogP contribution in [-0.4, -0.2) is 29.7 Å². The lowest BCUT2D eigenvalue weighted by atomic mass is 10.2. The standard InChI is InChI=1S/C23H18F3N3O3/c1-16-10-11-18(14-27-16)22(31)32-15-21(30)29(28-13-17-6-3-2-4-7-17)20-9-5-8-19(12-20)23(24,25)26/h2-14H,15H2,1H3/b28-13+. The molecule has 0 N–H and O–H groups in total. The summed E-state index contributed by atoms with van der Waals surface area (Å²) in [7, 11) is 0. The molecule has 2 aromatic carbocycles. The zero-order valence-corrected chi connectivity index (χ0v) is 16.9. The van der Waals surface area contributed by atoms with Gasteiger partial charge >= 0.3 is 12.1 Å². The second-order valence-corrected chi connectivity index (χ2v) is 6.67. The van der Waals surface area contributed by atoms with Crippen LogP contribution in [0.15, 0.2) is 78.0 Å². The van der Waals surface area contributed by atoms with Crippen molar-refractivity contribution in [3.05, 3.63) is 95.3 Å².